The van der Waals surface area contributed by atoms with Crippen LogP contribution in [0.15, 0.2) is 47.4 Å². The molecule has 2 heterocycles. The summed E-state index contributed by atoms with van der Waals surface area (Å²) in [5.74, 6) is 0.124. The minimum Gasteiger partial charge on any atom is -0.354 e. The quantitative estimate of drug-likeness (QED) is 0.734. The van der Waals surface area contributed by atoms with E-state index in [-0.39, 0.29) is 11.2 Å². The van der Waals surface area contributed by atoms with Crippen molar-refractivity contribution in [1.29, 1.82) is 5.26 Å². The first-order valence-electron chi connectivity index (χ1n) is 8.78. The van der Waals surface area contributed by atoms with Crippen molar-refractivity contribution < 1.29 is 4.79 Å². The zero-order chi connectivity index (χ0) is 18.3. The lowest BCUT2D eigenvalue weighted by Crippen LogP contribution is -2.34. The summed E-state index contributed by atoms with van der Waals surface area (Å²) < 4.78 is 0. The van der Waals surface area contributed by atoms with Crippen LogP contribution in [-0.4, -0.2) is 28.9 Å². The largest absolute Gasteiger partial charge is 0.354 e. The number of rotatable bonds is 3. The standard InChI is InChI=1S/C21H19N3OS/c1-3-24(4-2)21(25)20-18-15-11-13(12-22)9-10-16(15)23-19(18)14-7-5-6-8-17(14)26-20/h5-11,20,23H,3-4H2,1-2H3. The van der Waals surface area contributed by atoms with E-state index in [2.05, 4.69) is 23.2 Å². The molecule has 3 aromatic rings. The van der Waals surface area contributed by atoms with Gasteiger partial charge in [0, 0.05) is 40.0 Å². The molecule has 26 heavy (non-hydrogen) atoms. The highest BCUT2D eigenvalue weighted by Gasteiger charge is 2.35. The van der Waals surface area contributed by atoms with Gasteiger partial charge in [0.05, 0.1) is 17.3 Å². The molecule has 1 unspecified atom stereocenters. The summed E-state index contributed by atoms with van der Waals surface area (Å²) in [5.41, 5.74) is 4.68. The second-order valence-electron chi connectivity index (χ2n) is 6.29. The van der Waals surface area contributed by atoms with Crippen molar-refractivity contribution in [2.24, 2.45) is 0 Å². The summed E-state index contributed by atoms with van der Waals surface area (Å²) in [6.07, 6.45) is 0. The number of carbonyl (C=O) groups excluding carboxylic acids is 1. The van der Waals surface area contributed by atoms with Crippen LogP contribution in [0, 0.1) is 11.3 Å². The number of H-pyrrole nitrogens is 1. The number of hydrogen-bond donors (Lipinski definition) is 1. The van der Waals surface area contributed by atoms with Gasteiger partial charge in [0.25, 0.3) is 0 Å². The van der Waals surface area contributed by atoms with Gasteiger partial charge in [0.2, 0.25) is 5.91 Å². The average Bonchev–Trinajstić information content (AvgIpc) is 3.07. The Kier molecular flexibility index (Phi) is 4.21. The molecular weight excluding hydrogens is 342 g/mol. The van der Waals surface area contributed by atoms with E-state index >= 15 is 0 Å². The highest BCUT2D eigenvalue weighted by atomic mass is 32.2. The fourth-order valence-electron chi connectivity index (χ4n) is 3.60. The van der Waals surface area contributed by atoms with Crippen molar-refractivity contribution in [1.82, 2.24) is 9.88 Å². The third-order valence-corrected chi connectivity index (χ3v) is 6.21. The van der Waals surface area contributed by atoms with Gasteiger partial charge in [-0.25, -0.2) is 0 Å². The smallest absolute Gasteiger partial charge is 0.240 e. The molecular formula is C21H19N3OS. The van der Waals surface area contributed by atoms with Crippen molar-refractivity contribution in [3.05, 3.63) is 53.6 Å². The van der Waals surface area contributed by atoms with Crippen molar-refractivity contribution in [3.63, 3.8) is 0 Å². The molecule has 1 amide bonds. The zero-order valence-corrected chi connectivity index (χ0v) is 15.6. The summed E-state index contributed by atoms with van der Waals surface area (Å²) >= 11 is 1.61. The molecule has 0 aliphatic carbocycles. The molecule has 0 fully saturated rings. The zero-order valence-electron chi connectivity index (χ0n) is 14.7. The molecule has 0 spiro atoms. The molecule has 1 N–H and O–H groups in total. The van der Waals surface area contributed by atoms with Gasteiger partial charge in [0.15, 0.2) is 0 Å². The van der Waals surface area contributed by atoms with Crippen LogP contribution in [0.4, 0.5) is 0 Å². The Morgan fingerprint density at radius 1 is 1.23 bits per heavy atom. The lowest BCUT2D eigenvalue weighted by Gasteiger charge is -2.29. The van der Waals surface area contributed by atoms with Crippen molar-refractivity contribution in [2.75, 3.05) is 13.1 Å². The molecule has 0 radical (unpaired) electrons. The Morgan fingerprint density at radius 3 is 2.73 bits per heavy atom. The first kappa shape index (κ1) is 16.7. The number of benzene rings is 2. The third kappa shape index (κ3) is 2.49. The van der Waals surface area contributed by atoms with E-state index in [0.29, 0.717) is 18.7 Å². The first-order chi connectivity index (χ1) is 12.7. The molecule has 5 heteroatoms. The number of thioether (sulfide) groups is 1. The summed E-state index contributed by atoms with van der Waals surface area (Å²) in [6.45, 7) is 5.39. The van der Waals surface area contributed by atoms with Gasteiger partial charge in [-0.05, 0) is 38.1 Å². The Labute approximate surface area is 156 Å². The molecule has 2 aromatic carbocycles. The van der Waals surface area contributed by atoms with Gasteiger partial charge < -0.3 is 9.88 Å². The number of carbonyl (C=O) groups is 1. The first-order valence-corrected chi connectivity index (χ1v) is 9.66. The maximum absolute atomic E-state index is 13.3. The van der Waals surface area contributed by atoms with Gasteiger partial charge >= 0.3 is 0 Å². The third-order valence-electron chi connectivity index (χ3n) is 4.93. The Bertz CT molecular complexity index is 1040. The number of hydrogen-bond acceptors (Lipinski definition) is 3. The van der Waals surface area contributed by atoms with Gasteiger partial charge in [0.1, 0.15) is 5.25 Å². The molecule has 130 valence electrons. The van der Waals surface area contributed by atoms with E-state index in [9.17, 15) is 10.1 Å². The average molecular weight is 361 g/mol. The van der Waals surface area contributed by atoms with Crippen molar-refractivity contribution in [3.8, 4) is 17.3 Å². The molecule has 4 nitrogen and oxygen atoms in total. The highest BCUT2D eigenvalue weighted by molar-refractivity contribution is 8.00. The summed E-state index contributed by atoms with van der Waals surface area (Å²) in [6, 6.07) is 16.0. The number of fused-ring (bicyclic) bond motifs is 5. The molecule has 1 aromatic heterocycles. The monoisotopic (exact) mass is 361 g/mol. The van der Waals surface area contributed by atoms with Crippen LogP contribution in [0.3, 0.4) is 0 Å². The SMILES string of the molecule is CCN(CC)C(=O)C1Sc2ccccc2-c2[nH]c3ccc(C#N)cc3c21. The topological polar surface area (TPSA) is 59.9 Å². The van der Waals surface area contributed by atoms with Crippen LogP contribution in [0.1, 0.15) is 30.2 Å². The Hall–Kier alpha value is -2.71. The maximum Gasteiger partial charge on any atom is 0.240 e. The van der Waals surface area contributed by atoms with Crippen molar-refractivity contribution >= 4 is 28.6 Å². The fraction of sp³-hybridized carbons (Fsp3) is 0.238. The normalized spacial score (nSPS) is 15.2. The van der Waals surface area contributed by atoms with Crippen LogP contribution in [0.2, 0.25) is 0 Å². The molecule has 4 rings (SSSR count). The number of nitriles is 1. The van der Waals surface area contributed by atoms with E-state index in [4.69, 9.17) is 0 Å². The van der Waals surface area contributed by atoms with Crippen LogP contribution in [0.25, 0.3) is 22.2 Å². The fourth-order valence-corrected chi connectivity index (χ4v) is 4.92. The summed E-state index contributed by atoms with van der Waals surface area (Å²) in [5, 5.41) is 9.96. The van der Waals surface area contributed by atoms with E-state index in [1.165, 1.54) is 0 Å². The minimum absolute atomic E-state index is 0.124. The van der Waals surface area contributed by atoms with Crippen LogP contribution in [-0.2, 0) is 4.79 Å². The molecule has 0 bridgehead atoms. The van der Waals surface area contributed by atoms with E-state index in [1.807, 2.05) is 49.1 Å². The number of nitrogens with zero attached hydrogens (tertiary/aromatic N) is 2. The minimum atomic E-state index is -0.303. The number of amides is 1. The van der Waals surface area contributed by atoms with E-state index < -0.39 is 0 Å². The second-order valence-corrected chi connectivity index (χ2v) is 7.44. The predicted molar refractivity (Wildman–Crippen MR) is 105 cm³/mol. The molecule has 0 saturated carbocycles. The lowest BCUT2D eigenvalue weighted by atomic mass is 9.99. The molecule has 0 saturated heterocycles. The number of aromatic nitrogens is 1. The summed E-state index contributed by atoms with van der Waals surface area (Å²) in [7, 11) is 0. The van der Waals surface area contributed by atoms with Crippen LogP contribution < -0.4 is 0 Å². The number of nitrogens with one attached hydrogen (secondary N) is 1. The maximum atomic E-state index is 13.3. The highest BCUT2D eigenvalue weighted by Crippen LogP contribution is 2.51. The van der Waals surface area contributed by atoms with Gasteiger partial charge in [-0.3, -0.25) is 4.79 Å². The Balaban J connectivity index is 1.98. The molecule has 1 aliphatic heterocycles. The Morgan fingerprint density at radius 2 is 2.00 bits per heavy atom. The number of likely N-dealkylation sites (N-methyl/N-ethyl adjacent to an activating group) is 1. The van der Waals surface area contributed by atoms with E-state index in [0.717, 1.165) is 32.6 Å². The van der Waals surface area contributed by atoms with Crippen LogP contribution in [0.5, 0.6) is 0 Å². The van der Waals surface area contributed by atoms with Crippen molar-refractivity contribution in [2.45, 2.75) is 24.0 Å². The number of aromatic amines is 1. The molecule has 1 aliphatic rings. The second kappa shape index (κ2) is 6.54. The van der Waals surface area contributed by atoms with Gasteiger partial charge in [-0.15, -0.1) is 11.8 Å². The molecule has 1 atom stereocenters. The summed E-state index contributed by atoms with van der Waals surface area (Å²) in [4.78, 5) is 19.7. The van der Waals surface area contributed by atoms with Crippen LogP contribution >= 0.6 is 11.8 Å². The lowest BCUT2D eigenvalue weighted by molar-refractivity contribution is -0.130. The van der Waals surface area contributed by atoms with Gasteiger partial charge in [-0.1, -0.05) is 18.2 Å². The predicted octanol–water partition coefficient (Wildman–Crippen LogP) is 4.72. The van der Waals surface area contributed by atoms with E-state index in [1.54, 1.807) is 11.8 Å². The van der Waals surface area contributed by atoms with Gasteiger partial charge in [-0.2, -0.15) is 5.26 Å².